The minimum atomic E-state index is -3.60. The summed E-state index contributed by atoms with van der Waals surface area (Å²) >= 11 is 7.84. The molecule has 5 nitrogen and oxygen atoms in total. The fraction of sp³-hybridized carbons (Fsp3) is 0.400. The molecule has 0 spiro atoms. The third-order valence-electron chi connectivity index (χ3n) is 2.68. The molecule has 1 unspecified atom stereocenters. The smallest absolute Gasteiger partial charge is 0.232 e. The minimum absolute atomic E-state index is 0.155. The number of aromatic nitrogens is 1. The van der Waals surface area contributed by atoms with Crippen LogP contribution in [-0.4, -0.2) is 31.6 Å². The second-order valence-corrected chi connectivity index (χ2v) is 8.66. The van der Waals surface area contributed by atoms with Crippen molar-refractivity contribution in [1.29, 1.82) is 0 Å². The molecule has 0 aromatic carbocycles. The predicted molar refractivity (Wildman–Crippen MR) is 82.1 cm³/mol. The number of amides is 1. The van der Waals surface area contributed by atoms with Gasteiger partial charge in [0.05, 0.1) is 14.3 Å². The highest BCUT2D eigenvalue weighted by molar-refractivity contribution is 14.1. The fourth-order valence-electron chi connectivity index (χ4n) is 1.99. The molecule has 1 aliphatic heterocycles. The van der Waals surface area contributed by atoms with Crippen LogP contribution in [-0.2, 0) is 13.8 Å². The van der Waals surface area contributed by atoms with Gasteiger partial charge >= 0.3 is 0 Å². The SMILES string of the molecule is O=C1CC(CS(=O)(=O)Cl)CN1c1ncc(Cl)cc1I. The quantitative estimate of drug-likeness (QED) is 0.540. The average molecular weight is 435 g/mol. The molecular formula is C10H9Cl2IN2O3S. The third-order valence-corrected chi connectivity index (χ3v) is 4.93. The van der Waals surface area contributed by atoms with Gasteiger partial charge in [-0.05, 0) is 28.7 Å². The van der Waals surface area contributed by atoms with E-state index < -0.39 is 9.05 Å². The molecule has 1 amide bonds. The van der Waals surface area contributed by atoms with Gasteiger partial charge in [-0.3, -0.25) is 9.69 Å². The lowest BCUT2D eigenvalue weighted by molar-refractivity contribution is -0.117. The largest absolute Gasteiger partial charge is 0.296 e. The van der Waals surface area contributed by atoms with E-state index in [1.165, 1.54) is 11.1 Å². The summed E-state index contributed by atoms with van der Waals surface area (Å²) in [5.41, 5.74) is 0. The van der Waals surface area contributed by atoms with Gasteiger partial charge in [-0.1, -0.05) is 11.6 Å². The van der Waals surface area contributed by atoms with E-state index in [9.17, 15) is 13.2 Å². The van der Waals surface area contributed by atoms with Crippen molar-refractivity contribution < 1.29 is 13.2 Å². The molecule has 0 saturated carbocycles. The highest BCUT2D eigenvalue weighted by Crippen LogP contribution is 2.29. The monoisotopic (exact) mass is 434 g/mol. The van der Waals surface area contributed by atoms with E-state index in [2.05, 4.69) is 4.98 Å². The van der Waals surface area contributed by atoms with Crippen molar-refractivity contribution in [1.82, 2.24) is 4.98 Å². The Kier molecular flexibility index (Phi) is 4.59. The molecule has 19 heavy (non-hydrogen) atoms. The molecule has 0 N–H and O–H groups in total. The van der Waals surface area contributed by atoms with Crippen LogP contribution in [0.4, 0.5) is 5.82 Å². The van der Waals surface area contributed by atoms with E-state index >= 15 is 0 Å². The molecule has 2 heterocycles. The number of anilines is 1. The van der Waals surface area contributed by atoms with Gasteiger partial charge in [0.25, 0.3) is 0 Å². The van der Waals surface area contributed by atoms with E-state index in [0.717, 1.165) is 3.57 Å². The average Bonchev–Trinajstić information content (AvgIpc) is 2.56. The van der Waals surface area contributed by atoms with Crippen LogP contribution >= 0.6 is 44.9 Å². The maximum Gasteiger partial charge on any atom is 0.232 e. The van der Waals surface area contributed by atoms with Gasteiger partial charge < -0.3 is 0 Å². The molecule has 1 aliphatic rings. The number of nitrogens with zero attached hydrogens (tertiary/aromatic N) is 2. The summed E-state index contributed by atoms with van der Waals surface area (Å²) in [5.74, 6) is -0.160. The maximum atomic E-state index is 11.9. The number of halogens is 3. The summed E-state index contributed by atoms with van der Waals surface area (Å²) < 4.78 is 22.8. The Balaban J connectivity index is 2.20. The summed E-state index contributed by atoms with van der Waals surface area (Å²) in [5, 5.41) is 0.486. The second-order valence-electron chi connectivity index (χ2n) is 4.24. The first-order valence-corrected chi connectivity index (χ1v) is 9.23. The molecular weight excluding hydrogens is 426 g/mol. The van der Waals surface area contributed by atoms with Crippen molar-refractivity contribution in [3.05, 3.63) is 20.9 Å². The molecule has 9 heteroatoms. The van der Waals surface area contributed by atoms with Crippen LogP contribution in [0.3, 0.4) is 0 Å². The van der Waals surface area contributed by atoms with E-state index in [4.69, 9.17) is 22.3 Å². The molecule has 1 atom stereocenters. The van der Waals surface area contributed by atoms with Crippen LogP contribution in [0.15, 0.2) is 12.3 Å². The molecule has 1 aromatic heterocycles. The third kappa shape index (κ3) is 3.93. The van der Waals surface area contributed by atoms with Gasteiger partial charge in [0.1, 0.15) is 5.82 Å². The first-order valence-electron chi connectivity index (χ1n) is 5.30. The molecule has 1 fully saturated rings. The van der Waals surface area contributed by atoms with Crippen molar-refractivity contribution in [3.8, 4) is 0 Å². The Bertz CT molecular complexity index is 623. The van der Waals surface area contributed by atoms with Crippen molar-refractivity contribution in [2.75, 3.05) is 17.2 Å². The van der Waals surface area contributed by atoms with Crippen LogP contribution in [0.2, 0.25) is 5.02 Å². The summed E-state index contributed by atoms with van der Waals surface area (Å²) in [4.78, 5) is 17.5. The predicted octanol–water partition coefficient (Wildman–Crippen LogP) is 2.26. The number of rotatable bonds is 3. The Morgan fingerprint density at radius 1 is 1.53 bits per heavy atom. The highest BCUT2D eigenvalue weighted by atomic mass is 127. The van der Waals surface area contributed by atoms with Crippen LogP contribution in [0, 0.1) is 9.49 Å². The Morgan fingerprint density at radius 3 is 2.79 bits per heavy atom. The van der Waals surface area contributed by atoms with E-state index in [1.807, 2.05) is 22.6 Å². The topological polar surface area (TPSA) is 67.3 Å². The number of pyridine rings is 1. The molecule has 2 rings (SSSR count). The van der Waals surface area contributed by atoms with Gasteiger partial charge in [-0.25, -0.2) is 13.4 Å². The lowest BCUT2D eigenvalue weighted by Gasteiger charge is -2.16. The van der Waals surface area contributed by atoms with Crippen LogP contribution in [0.1, 0.15) is 6.42 Å². The van der Waals surface area contributed by atoms with E-state index in [1.54, 1.807) is 6.07 Å². The maximum absolute atomic E-state index is 11.9. The Labute approximate surface area is 133 Å². The standard InChI is InChI=1S/C10H9Cl2IN2O3S/c11-7-2-8(13)10(14-3-7)15-4-6(1-9(15)16)5-19(12,17)18/h2-3,6H,1,4-5H2. The highest BCUT2D eigenvalue weighted by Gasteiger charge is 2.34. The fourth-order valence-corrected chi connectivity index (χ4v) is 4.41. The normalized spacial score (nSPS) is 20.1. The lowest BCUT2D eigenvalue weighted by Crippen LogP contribution is -2.27. The Morgan fingerprint density at radius 2 is 2.21 bits per heavy atom. The first kappa shape index (κ1) is 15.3. The molecule has 1 saturated heterocycles. The van der Waals surface area contributed by atoms with Crippen LogP contribution in [0.25, 0.3) is 0 Å². The zero-order chi connectivity index (χ0) is 14.2. The van der Waals surface area contributed by atoms with Crippen LogP contribution in [0.5, 0.6) is 0 Å². The van der Waals surface area contributed by atoms with Gasteiger partial charge in [0.2, 0.25) is 15.0 Å². The minimum Gasteiger partial charge on any atom is -0.296 e. The number of hydrogen-bond acceptors (Lipinski definition) is 4. The molecule has 0 bridgehead atoms. The summed E-state index contributed by atoms with van der Waals surface area (Å²) in [7, 11) is 1.61. The van der Waals surface area contributed by atoms with Gasteiger partial charge in [0.15, 0.2) is 0 Å². The number of carbonyl (C=O) groups is 1. The molecule has 0 aliphatic carbocycles. The second kappa shape index (κ2) is 5.71. The first-order chi connectivity index (χ1) is 8.76. The zero-order valence-corrected chi connectivity index (χ0v) is 14.0. The number of carbonyl (C=O) groups excluding carboxylic acids is 1. The van der Waals surface area contributed by atoms with E-state index in [-0.39, 0.29) is 24.0 Å². The van der Waals surface area contributed by atoms with Crippen molar-refractivity contribution in [2.24, 2.45) is 5.92 Å². The molecule has 104 valence electrons. The summed E-state index contributed by atoms with van der Waals surface area (Å²) in [6.07, 6.45) is 1.62. The van der Waals surface area contributed by atoms with Gasteiger partial charge in [-0.15, -0.1) is 0 Å². The number of hydrogen-bond donors (Lipinski definition) is 0. The van der Waals surface area contributed by atoms with Gasteiger partial charge in [0, 0.05) is 35.8 Å². The Hall–Kier alpha value is -0.120. The summed E-state index contributed by atoms with van der Waals surface area (Å²) in [6, 6.07) is 1.70. The van der Waals surface area contributed by atoms with Crippen molar-refractivity contribution in [2.45, 2.75) is 6.42 Å². The van der Waals surface area contributed by atoms with Gasteiger partial charge in [-0.2, -0.15) is 0 Å². The van der Waals surface area contributed by atoms with E-state index in [0.29, 0.717) is 17.4 Å². The molecule has 0 radical (unpaired) electrons. The molecule has 1 aromatic rings. The van der Waals surface area contributed by atoms with Crippen LogP contribution < -0.4 is 4.90 Å². The van der Waals surface area contributed by atoms with Crippen molar-refractivity contribution >= 4 is 65.7 Å². The zero-order valence-electron chi connectivity index (χ0n) is 9.51. The lowest BCUT2D eigenvalue weighted by atomic mass is 10.1. The summed E-state index contributed by atoms with van der Waals surface area (Å²) in [6.45, 7) is 0.301. The van der Waals surface area contributed by atoms with Crippen molar-refractivity contribution in [3.63, 3.8) is 0 Å².